The van der Waals surface area contributed by atoms with E-state index >= 15 is 0 Å². The third kappa shape index (κ3) is 5.16. The standard InChI is InChI=1S/C32H30FN3O2/c1-2-3-21-34(30(37)20-15-24-10-5-4-6-11-24)23-31(38)36-28-13-8-7-12-27(28)35-22-9-14-29(35)32(36)25-16-18-26(33)19-17-25/h4-20,22,32H,2-3,21,23H2,1H3. The lowest BCUT2D eigenvalue weighted by Crippen LogP contribution is -2.46. The number of nitrogens with zero attached hydrogens (tertiary/aromatic N) is 3. The maximum atomic E-state index is 14.1. The highest BCUT2D eigenvalue weighted by atomic mass is 19.1. The first kappa shape index (κ1) is 25.2. The summed E-state index contributed by atoms with van der Waals surface area (Å²) in [5, 5.41) is 0. The molecule has 1 aromatic heterocycles. The Hall–Kier alpha value is -4.45. The van der Waals surface area contributed by atoms with E-state index < -0.39 is 6.04 Å². The summed E-state index contributed by atoms with van der Waals surface area (Å²) in [6, 6.07) is 27.1. The fourth-order valence-corrected chi connectivity index (χ4v) is 4.92. The number of para-hydroxylation sites is 2. The van der Waals surface area contributed by atoms with Gasteiger partial charge in [0.25, 0.3) is 0 Å². The van der Waals surface area contributed by atoms with Gasteiger partial charge < -0.3 is 9.47 Å². The van der Waals surface area contributed by atoms with Gasteiger partial charge in [0.2, 0.25) is 11.8 Å². The highest BCUT2D eigenvalue weighted by Gasteiger charge is 2.36. The lowest BCUT2D eigenvalue weighted by Gasteiger charge is -2.39. The molecule has 0 bridgehead atoms. The quantitative estimate of drug-likeness (QED) is 0.259. The molecule has 0 fully saturated rings. The number of benzene rings is 3. The van der Waals surface area contributed by atoms with Crippen molar-refractivity contribution in [3.05, 3.63) is 126 Å². The minimum Gasteiger partial charge on any atom is -0.330 e. The van der Waals surface area contributed by atoms with Crippen molar-refractivity contribution in [2.24, 2.45) is 0 Å². The van der Waals surface area contributed by atoms with Crippen LogP contribution in [0.4, 0.5) is 10.1 Å². The summed E-state index contributed by atoms with van der Waals surface area (Å²) in [6.45, 7) is 2.47. The molecule has 38 heavy (non-hydrogen) atoms. The Labute approximate surface area is 222 Å². The molecule has 1 unspecified atom stereocenters. The minimum absolute atomic E-state index is 0.0648. The maximum absolute atomic E-state index is 14.1. The number of halogens is 1. The van der Waals surface area contributed by atoms with Crippen molar-refractivity contribution >= 4 is 23.6 Å². The third-order valence-corrected chi connectivity index (χ3v) is 6.81. The summed E-state index contributed by atoms with van der Waals surface area (Å²) < 4.78 is 15.9. The molecule has 6 heteroatoms. The van der Waals surface area contributed by atoms with E-state index in [2.05, 4.69) is 11.5 Å². The zero-order valence-electron chi connectivity index (χ0n) is 21.3. The molecule has 5 nitrogen and oxygen atoms in total. The summed E-state index contributed by atoms with van der Waals surface area (Å²) in [6.07, 6.45) is 6.97. The molecule has 1 atom stereocenters. The van der Waals surface area contributed by atoms with Crippen LogP contribution in [0, 0.1) is 5.82 Å². The molecule has 1 aliphatic rings. The van der Waals surface area contributed by atoms with Crippen LogP contribution in [-0.2, 0) is 9.59 Å². The Morgan fingerprint density at radius 1 is 0.895 bits per heavy atom. The molecule has 0 saturated heterocycles. The Balaban J connectivity index is 1.50. The number of carbonyl (C=O) groups is 2. The number of unbranched alkanes of at least 4 members (excludes halogenated alkanes) is 1. The molecule has 0 spiro atoms. The van der Waals surface area contributed by atoms with Crippen molar-refractivity contribution in [2.75, 3.05) is 18.0 Å². The van der Waals surface area contributed by atoms with E-state index in [0.717, 1.165) is 41.0 Å². The predicted octanol–water partition coefficient (Wildman–Crippen LogP) is 6.39. The Bertz CT molecular complexity index is 1440. The zero-order valence-corrected chi connectivity index (χ0v) is 21.3. The highest BCUT2D eigenvalue weighted by Crippen LogP contribution is 2.42. The average Bonchev–Trinajstić information content (AvgIpc) is 3.44. The lowest BCUT2D eigenvalue weighted by molar-refractivity contribution is -0.131. The van der Waals surface area contributed by atoms with Gasteiger partial charge in [-0.3, -0.25) is 14.5 Å². The Morgan fingerprint density at radius 2 is 1.61 bits per heavy atom. The SMILES string of the molecule is CCCCN(CC(=O)N1c2ccccc2-n2cccc2C1c1ccc(F)cc1)C(=O)C=Cc1ccccc1. The minimum atomic E-state index is -0.462. The first-order valence-corrected chi connectivity index (χ1v) is 12.9. The first-order valence-electron chi connectivity index (χ1n) is 12.9. The summed E-state index contributed by atoms with van der Waals surface area (Å²) in [7, 11) is 0. The molecular formula is C32H30FN3O2. The fraction of sp³-hybridized carbons (Fsp3) is 0.188. The first-order chi connectivity index (χ1) is 18.6. The molecule has 5 rings (SSSR count). The van der Waals surface area contributed by atoms with Gasteiger partial charge in [0.05, 0.1) is 17.1 Å². The highest BCUT2D eigenvalue weighted by molar-refractivity contribution is 6.02. The molecule has 192 valence electrons. The van der Waals surface area contributed by atoms with Gasteiger partial charge in [-0.2, -0.15) is 0 Å². The molecule has 4 aromatic rings. The summed E-state index contributed by atoms with van der Waals surface area (Å²) in [4.78, 5) is 30.7. The second-order valence-corrected chi connectivity index (χ2v) is 9.37. The second kappa shape index (κ2) is 11.3. The van der Waals surface area contributed by atoms with Crippen LogP contribution in [0.3, 0.4) is 0 Å². The number of aromatic nitrogens is 1. The van der Waals surface area contributed by atoms with Crippen molar-refractivity contribution in [3.63, 3.8) is 0 Å². The van der Waals surface area contributed by atoms with E-state index in [9.17, 15) is 14.0 Å². The van der Waals surface area contributed by atoms with Gasteiger partial charge in [-0.1, -0.05) is 67.9 Å². The predicted molar refractivity (Wildman–Crippen MR) is 148 cm³/mol. The van der Waals surface area contributed by atoms with Crippen LogP contribution in [0.25, 0.3) is 11.8 Å². The van der Waals surface area contributed by atoms with Crippen molar-refractivity contribution in [3.8, 4) is 5.69 Å². The molecular weight excluding hydrogens is 477 g/mol. The van der Waals surface area contributed by atoms with Crippen LogP contribution in [0.5, 0.6) is 0 Å². The summed E-state index contributed by atoms with van der Waals surface area (Å²) >= 11 is 0. The van der Waals surface area contributed by atoms with Crippen LogP contribution in [-0.4, -0.2) is 34.4 Å². The number of hydrogen-bond donors (Lipinski definition) is 0. The van der Waals surface area contributed by atoms with E-state index in [1.807, 2.05) is 72.9 Å². The monoisotopic (exact) mass is 507 g/mol. The molecule has 3 aromatic carbocycles. The van der Waals surface area contributed by atoms with Crippen molar-refractivity contribution in [2.45, 2.75) is 25.8 Å². The number of anilines is 1. The fourth-order valence-electron chi connectivity index (χ4n) is 4.92. The van der Waals surface area contributed by atoms with E-state index in [1.54, 1.807) is 28.0 Å². The largest absolute Gasteiger partial charge is 0.330 e. The molecule has 0 aliphatic carbocycles. The average molecular weight is 508 g/mol. The topological polar surface area (TPSA) is 45.6 Å². The van der Waals surface area contributed by atoms with Crippen molar-refractivity contribution in [1.82, 2.24) is 9.47 Å². The summed E-state index contributed by atoms with van der Waals surface area (Å²) in [5.74, 6) is -0.737. The molecule has 0 radical (unpaired) electrons. The number of hydrogen-bond acceptors (Lipinski definition) is 2. The molecule has 0 N–H and O–H groups in total. The van der Waals surface area contributed by atoms with E-state index in [1.165, 1.54) is 18.2 Å². The number of rotatable bonds is 8. The lowest BCUT2D eigenvalue weighted by atomic mass is 9.97. The smallest absolute Gasteiger partial charge is 0.247 e. The van der Waals surface area contributed by atoms with E-state index in [0.29, 0.717) is 6.54 Å². The van der Waals surface area contributed by atoms with Crippen LogP contribution in [0.1, 0.15) is 42.6 Å². The van der Waals surface area contributed by atoms with Crippen LogP contribution in [0.15, 0.2) is 103 Å². The second-order valence-electron chi connectivity index (χ2n) is 9.37. The van der Waals surface area contributed by atoms with E-state index in [-0.39, 0.29) is 24.2 Å². The Kier molecular flexibility index (Phi) is 7.50. The third-order valence-electron chi connectivity index (χ3n) is 6.81. The van der Waals surface area contributed by atoms with Gasteiger partial charge in [0.1, 0.15) is 18.4 Å². The van der Waals surface area contributed by atoms with Gasteiger partial charge in [0, 0.05) is 18.8 Å². The van der Waals surface area contributed by atoms with E-state index in [4.69, 9.17) is 0 Å². The van der Waals surface area contributed by atoms with Gasteiger partial charge in [-0.15, -0.1) is 0 Å². The Morgan fingerprint density at radius 3 is 2.34 bits per heavy atom. The van der Waals surface area contributed by atoms with Crippen LogP contribution >= 0.6 is 0 Å². The normalized spacial score (nSPS) is 14.3. The molecule has 2 heterocycles. The van der Waals surface area contributed by atoms with Gasteiger partial charge in [0.15, 0.2) is 0 Å². The number of amides is 2. The molecule has 1 aliphatic heterocycles. The van der Waals surface area contributed by atoms with Crippen molar-refractivity contribution < 1.29 is 14.0 Å². The number of fused-ring (bicyclic) bond motifs is 3. The molecule has 0 saturated carbocycles. The van der Waals surface area contributed by atoms with Gasteiger partial charge in [-0.05, 0) is 60.0 Å². The maximum Gasteiger partial charge on any atom is 0.247 e. The summed E-state index contributed by atoms with van der Waals surface area (Å²) in [5.41, 5.74) is 4.25. The zero-order chi connectivity index (χ0) is 26.5. The van der Waals surface area contributed by atoms with Gasteiger partial charge >= 0.3 is 0 Å². The molecule has 2 amide bonds. The van der Waals surface area contributed by atoms with Gasteiger partial charge in [-0.25, -0.2) is 4.39 Å². The van der Waals surface area contributed by atoms with Crippen molar-refractivity contribution in [1.29, 1.82) is 0 Å². The van der Waals surface area contributed by atoms with Crippen LogP contribution < -0.4 is 4.90 Å². The number of carbonyl (C=O) groups excluding carboxylic acids is 2. The van der Waals surface area contributed by atoms with Crippen LogP contribution in [0.2, 0.25) is 0 Å².